The number of piperidine rings is 1. The SMILES string of the molecule is O=C(NC1CCN(CC(=O)N2CCCC2c2cccs2)CC1)c1ccccc1. The van der Waals surface area contributed by atoms with Gasteiger partial charge < -0.3 is 10.2 Å². The molecule has 0 aliphatic carbocycles. The van der Waals surface area contributed by atoms with Gasteiger partial charge in [0.1, 0.15) is 0 Å². The molecule has 2 fully saturated rings. The summed E-state index contributed by atoms with van der Waals surface area (Å²) in [4.78, 5) is 30.8. The Morgan fingerprint density at radius 3 is 2.50 bits per heavy atom. The van der Waals surface area contributed by atoms with Crippen molar-refractivity contribution in [2.75, 3.05) is 26.2 Å². The lowest BCUT2D eigenvalue weighted by molar-refractivity contribution is -0.133. The molecule has 0 saturated carbocycles. The van der Waals surface area contributed by atoms with E-state index in [4.69, 9.17) is 0 Å². The molecule has 3 heterocycles. The van der Waals surface area contributed by atoms with Crippen LogP contribution in [-0.4, -0.2) is 53.8 Å². The molecule has 2 amide bonds. The number of nitrogens with one attached hydrogen (secondary N) is 1. The Labute approximate surface area is 170 Å². The average molecular weight is 398 g/mol. The summed E-state index contributed by atoms with van der Waals surface area (Å²) in [5, 5.41) is 5.22. The van der Waals surface area contributed by atoms with Gasteiger partial charge in [0.15, 0.2) is 0 Å². The zero-order valence-corrected chi connectivity index (χ0v) is 16.9. The van der Waals surface area contributed by atoms with Crippen molar-refractivity contribution in [3.8, 4) is 0 Å². The summed E-state index contributed by atoms with van der Waals surface area (Å²) in [5.74, 6) is 0.230. The smallest absolute Gasteiger partial charge is 0.251 e. The van der Waals surface area contributed by atoms with Gasteiger partial charge in [0.25, 0.3) is 5.91 Å². The van der Waals surface area contributed by atoms with Crippen molar-refractivity contribution in [1.29, 1.82) is 0 Å². The molecule has 1 N–H and O–H groups in total. The predicted molar refractivity (Wildman–Crippen MR) is 111 cm³/mol. The molecule has 1 aromatic heterocycles. The van der Waals surface area contributed by atoms with E-state index >= 15 is 0 Å². The van der Waals surface area contributed by atoms with Gasteiger partial charge in [0.2, 0.25) is 5.91 Å². The number of hydrogen-bond donors (Lipinski definition) is 1. The Hall–Kier alpha value is -2.18. The van der Waals surface area contributed by atoms with Crippen LogP contribution in [0, 0.1) is 0 Å². The van der Waals surface area contributed by atoms with E-state index in [9.17, 15) is 9.59 Å². The number of thiophene rings is 1. The molecule has 2 aromatic rings. The van der Waals surface area contributed by atoms with Gasteiger partial charge in [-0.3, -0.25) is 14.5 Å². The van der Waals surface area contributed by atoms with Crippen LogP contribution in [0.4, 0.5) is 0 Å². The predicted octanol–water partition coefficient (Wildman–Crippen LogP) is 3.31. The van der Waals surface area contributed by atoms with Crippen LogP contribution in [0.15, 0.2) is 47.8 Å². The molecule has 0 spiro atoms. The molecule has 0 bridgehead atoms. The van der Waals surface area contributed by atoms with Crippen molar-refractivity contribution in [1.82, 2.24) is 15.1 Å². The summed E-state index contributed by atoms with van der Waals surface area (Å²) in [5.41, 5.74) is 0.703. The second kappa shape index (κ2) is 8.88. The molecule has 148 valence electrons. The largest absolute Gasteiger partial charge is 0.349 e. The molecule has 2 aliphatic heterocycles. The van der Waals surface area contributed by atoms with Crippen LogP contribution in [0.3, 0.4) is 0 Å². The summed E-state index contributed by atoms with van der Waals surface area (Å²) in [7, 11) is 0. The first-order valence-electron chi connectivity index (χ1n) is 10.1. The van der Waals surface area contributed by atoms with Gasteiger partial charge in [-0.25, -0.2) is 0 Å². The number of rotatable bonds is 5. The van der Waals surface area contributed by atoms with Crippen LogP contribution in [0.1, 0.15) is 47.0 Å². The van der Waals surface area contributed by atoms with Gasteiger partial charge in [0, 0.05) is 36.1 Å². The van der Waals surface area contributed by atoms with E-state index in [-0.39, 0.29) is 23.9 Å². The highest BCUT2D eigenvalue weighted by atomic mass is 32.1. The first-order valence-corrected chi connectivity index (χ1v) is 11.0. The Morgan fingerprint density at radius 2 is 1.79 bits per heavy atom. The fourth-order valence-corrected chi connectivity index (χ4v) is 5.09. The van der Waals surface area contributed by atoms with E-state index in [2.05, 4.69) is 32.6 Å². The van der Waals surface area contributed by atoms with Gasteiger partial charge in [-0.05, 0) is 49.3 Å². The maximum absolute atomic E-state index is 12.9. The van der Waals surface area contributed by atoms with Crippen LogP contribution in [0.2, 0.25) is 0 Å². The average Bonchev–Trinajstić information content (AvgIpc) is 3.41. The second-order valence-corrected chi connectivity index (χ2v) is 8.63. The number of benzene rings is 1. The Balaban J connectivity index is 1.25. The number of carbonyl (C=O) groups is 2. The molecule has 1 unspecified atom stereocenters. The molecular weight excluding hydrogens is 370 g/mol. The normalized spacial score (nSPS) is 21.0. The third kappa shape index (κ3) is 4.45. The van der Waals surface area contributed by atoms with E-state index < -0.39 is 0 Å². The minimum absolute atomic E-state index is 0.00835. The summed E-state index contributed by atoms with van der Waals surface area (Å²) >= 11 is 1.74. The van der Waals surface area contributed by atoms with E-state index in [0.29, 0.717) is 12.1 Å². The zero-order chi connectivity index (χ0) is 19.3. The topological polar surface area (TPSA) is 52.7 Å². The molecular formula is C22H27N3O2S. The van der Waals surface area contributed by atoms with E-state index in [1.807, 2.05) is 30.3 Å². The molecule has 4 rings (SSSR count). The van der Waals surface area contributed by atoms with Crippen molar-refractivity contribution in [3.05, 3.63) is 58.3 Å². The Bertz CT molecular complexity index is 785. The molecule has 6 heteroatoms. The fourth-order valence-electron chi connectivity index (χ4n) is 4.22. The lowest BCUT2D eigenvalue weighted by Crippen LogP contribution is -2.48. The summed E-state index contributed by atoms with van der Waals surface area (Å²) in [6.07, 6.45) is 3.93. The van der Waals surface area contributed by atoms with Crippen LogP contribution < -0.4 is 5.32 Å². The molecule has 1 aromatic carbocycles. The van der Waals surface area contributed by atoms with Crippen molar-refractivity contribution < 1.29 is 9.59 Å². The number of likely N-dealkylation sites (tertiary alicyclic amines) is 2. The van der Waals surface area contributed by atoms with Crippen molar-refractivity contribution in [2.45, 2.75) is 37.8 Å². The molecule has 2 saturated heterocycles. The fraction of sp³-hybridized carbons (Fsp3) is 0.455. The van der Waals surface area contributed by atoms with E-state index in [0.717, 1.165) is 45.3 Å². The van der Waals surface area contributed by atoms with Crippen molar-refractivity contribution >= 4 is 23.2 Å². The monoisotopic (exact) mass is 397 g/mol. The van der Waals surface area contributed by atoms with Crippen molar-refractivity contribution in [2.24, 2.45) is 0 Å². The Kier molecular flexibility index (Phi) is 6.07. The first-order chi connectivity index (χ1) is 13.7. The van der Waals surface area contributed by atoms with Gasteiger partial charge in [-0.2, -0.15) is 0 Å². The maximum Gasteiger partial charge on any atom is 0.251 e. The maximum atomic E-state index is 12.9. The van der Waals surface area contributed by atoms with Gasteiger partial charge in [-0.1, -0.05) is 24.3 Å². The minimum Gasteiger partial charge on any atom is -0.349 e. The number of nitrogens with zero attached hydrogens (tertiary/aromatic N) is 2. The van der Waals surface area contributed by atoms with Crippen LogP contribution in [0.25, 0.3) is 0 Å². The zero-order valence-electron chi connectivity index (χ0n) is 16.0. The van der Waals surface area contributed by atoms with Crippen LogP contribution in [-0.2, 0) is 4.79 Å². The molecule has 2 aliphatic rings. The lowest BCUT2D eigenvalue weighted by Gasteiger charge is -2.33. The number of amides is 2. The molecule has 0 radical (unpaired) electrons. The second-order valence-electron chi connectivity index (χ2n) is 7.65. The van der Waals surface area contributed by atoms with Gasteiger partial charge in [0.05, 0.1) is 12.6 Å². The quantitative estimate of drug-likeness (QED) is 0.842. The van der Waals surface area contributed by atoms with Crippen LogP contribution >= 0.6 is 11.3 Å². The highest BCUT2D eigenvalue weighted by Crippen LogP contribution is 2.34. The Morgan fingerprint density at radius 1 is 1.00 bits per heavy atom. The summed E-state index contributed by atoms with van der Waals surface area (Å²) < 4.78 is 0. The summed E-state index contributed by atoms with van der Waals surface area (Å²) in [6.45, 7) is 3.05. The van der Waals surface area contributed by atoms with Gasteiger partial charge >= 0.3 is 0 Å². The number of hydrogen-bond acceptors (Lipinski definition) is 4. The number of carbonyl (C=O) groups excluding carboxylic acids is 2. The third-order valence-electron chi connectivity index (χ3n) is 5.76. The van der Waals surface area contributed by atoms with E-state index in [1.54, 1.807) is 11.3 Å². The summed E-state index contributed by atoms with van der Waals surface area (Å²) in [6, 6.07) is 14.0. The first kappa shape index (κ1) is 19.2. The van der Waals surface area contributed by atoms with Crippen molar-refractivity contribution in [3.63, 3.8) is 0 Å². The highest BCUT2D eigenvalue weighted by molar-refractivity contribution is 7.10. The lowest BCUT2D eigenvalue weighted by atomic mass is 10.0. The molecule has 5 nitrogen and oxygen atoms in total. The van der Waals surface area contributed by atoms with Crippen LogP contribution in [0.5, 0.6) is 0 Å². The molecule has 28 heavy (non-hydrogen) atoms. The minimum atomic E-state index is -0.00835. The molecule has 1 atom stereocenters. The standard InChI is InChI=1S/C22H27N3O2S/c26-21(25-12-4-8-19(25)20-9-5-15-28-20)16-24-13-10-18(11-14-24)23-22(27)17-6-2-1-3-7-17/h1-3,5-7,9,15,18-19H,4,8,10-14,16H2,(H,23,27). The van der Waals surface area contributed by atoms with E-state index in [1.165, 1.54) is 4.88 Å². The third-order valence-corrected chi connectivity index (χ3v) is 6.74. The highest BCUT2D eigenvalue weighted by Gasteiger charge is 2.32. The van der Waals surface area contributed by atoms with Gasteiger partial charge in [-0.15, -0.1) is 11.3 Å².